The molecule has 0 radical (unpaired) electrons. The van der Waals surface area contributed by atoms with Crippen LogP contribution in [0.5, 0.6) is 0 Å². The molecule has 3 aromatic heterocycles. The lowest BCUT2D eigenvalue weighted by molar-refractivity contribution is -0.118. The first-order valence-electron chi connectivity index (χ1n) is 12.9. The zero-order chi connectivity index (χ0) is 24.9. The number of anilines is 1. The van der Waals surface area contributed by atoms with Crippen LogP contribution >= 0.6 is 0 Å². The van der Waals surface area contributed by atoms with Gasteiger partial charge in [0.15, 0.2) is 5.78 Å². The normalized spacial score (nSPS) is 20.8. The Hall–Kier alpha value is -3.61. The lowest BCUT2D eigenvalue weighted by Crippen LogP contribution is -2.28. The average Bonchev–Trinajstić information content (AvgIpc) is 3.66. The van der Waals surface area contributed by atoms with Crippen molar-refractivity contribution in [3.63, 3.8) is 0 Å². The van der Waals surface area contributed by atoms with Gasteiger partial charge in [0.25, 0.3) is 0 Å². The van der Waals surface area contributed by atoms with Gasteiger partial charge in [0.05, 0.1) is 11.1 Å². The van der Waals surface area contributed by atoms with E-state index in [2.05, 4.69) is 26.0 Å². The molecule has 3 aromatic rings. The monoisotopic (exact) mass is 480 g/mol. The molecule has 0 saturated heterocycles. The number of rotatable bonds is 1. The van der Waals surface area contributed by atoms with Crippen LogP contribution in [0.4, 0.5) is 5.95 Å². The first kappa shape index (κ1) is 22.8. The molecule has 2 fully saturated rings. The van der Waals surface area contributed by atoms with Gasteiger partial charge in [-0.05, 0) is 60.1 Å². The average molecular weight is 481 g/mol. The van der Waals surface area contributed by atoms with Crippen LogP contribution in [0.1, 0.15) is 73.8 Å². The fraction of sp³-hybridized carbons (Fsp3) is 0.414. The molecule has 3 heterocycles. The molecule has 2 spiro atoms. The fourth-order valence-corrected chi connectivity index (χ4v) is 6.95. The zero-order valence-electron chi connectivity index (χ0n) is 21.0. The Kier molecular flexibility index (Phi) is 5.39. The standard InChI is InChI=1S/C15H18N2O.C14H14N4/c1-17(2)10-12-11-5-8-16-9-13(11)15(14(12)18)6-3-4-7-15;15-13-17-7-10-9-3-6-16-8-11(9)14(12(10)18-13)4-1-2-5-14/h5,8-10H,3-4,6-7H2,1-2H3;3,6-8H,1-2,4-5H2,(H2,15,17,18)/b12-10-;. The lowest BCUT2D eigenvalue weighted by Gasteiger charge is -2.24. The van der Waals surface area contributed by atoms with Crippen molar-refractivity contribution in [1.29, 1.82) is 0 Å². The second kappa shape index (κ2) is 8.50. The molecule has 7 rings (SSSR count). The van der Waals surface area contributed by atoms with Crippen LogP contribution in [0.3, 0.4) is 0 Å². The highest BCUT2D eigenvalue weighted by molar-refractivity contribution is 6.29. The number of nitrogens with zero attached hydrogens (tertiary/aromatic N) is 5. The van der Waals surface area contributed by atoms with Crippen molar-refractivity contribution in [1.82, 2.24) is 24.8 Å². The molecular weight excluding hydrogens is 448 g/mol. The maximum atomic E-state index is 12.8. The van der Waals surface area contributed by atoms with Gasteiger partial charge in [0.1, 0.15) is 0 Å². The number of nitrogens with two attached hydrogens (primary N) is 1. The van der Waals surface area contributed by atoms with E-state index in [-0.39, 0.29) is 10.8 Å². The van der Waals surface area contributed by atoms with Gasteiger partial charge >= 0.3 is 0 Å². The van der Waals surface area contributed by atoms with E-state index in [1.165, 1.54) is 24.0 Å². The number of Topliss-reactive ketones (excluding diaryl/α,β-unsaturated/α-hetero) is 1. The Bertz CT molecular complexity index is 1370. The molecule has 184 valence electrons. The molecule has 2 N–H and O–H groups in total. The highest BCUT2D eigenvalue weighted by atomic mass is 16.1. The summed E-state index contributed by atoms with van der Waals surface area (Å²) in [6, 6.07) is 4.05. The maximum absolute atomic E-state index is 12.8. The van der Waals surface area contributed by atoms with Gasteiger partial charge in [0, 0.05) is 67.8 Å². The largest absolute Gasteiger partial charge is 0.383 e. The van der Waals surface area contributed by atoms with Crippen molar-refractivity contribution in [3.05, 3.63) is 71.7 Å². The molecule has 0 amide bonds. The maximum Gasteiger partial charge on any atom is 0.220 e. The van der Waals surface area contributed by atoms with Gasteiger partial charge in [0.2, 0.25) is 5.95 Å². The lowest BCUT2D eigenvalue weighted by atomic mass is 9.80. The SMILES string of the molecule is CN(C)/C=C1\C(=O)C2(CCCC2)c2cnccc21.Nc1ncc2c(n1)C1(CCCC1)c1cnccc1-2. The second-order valence-corrected chi connectivity index (χ2v) is 10.7. The molecular formula is C29H32N6O. The number of pyridine rings is 2. The Morgan fingerprint density at radius 2 is 1.42 bits per heavy atom. The van der Waals surface area contributed by atoms with E-state index in [0.29, 0.717) is 11.7 Å². The summed E-state index contributed by atoms with van der Waals surface area (Å²) < 4.78 is 0. The van der Waals surface area contributed by atoms with Gasteiger partial charge in [-0.25, -0.2) is 9.97 Å². The number of hydrogen-bond donors (Lipinski definition) is 1. The van der Waals surface area contributed by atoms with Crippen molar-refractivity contribution in [3.8, 4) is 11.1 Å². The summed E-state index contributed by atoms with van der Waals surface area (Å²) in [5.41, 5.74) is 13.5. The van der Waals surface area contributed by atoms with Crippen LogP contribution in [-0.4, -0.2) is 44.7 Å². The number of ketones is 1. The van der Waals surface area contributed by atoms with Crippen molar-refractivity contribution in [2.75, 3.05) is 19.8 Å². The van der Waals surface area contributed by atoms with Gasteiger partial charge in [-0.1, -0.05) is 25.7 Å². The number of carbonyl (C=O) groups is 1. The quantitative estimate of drug-likeness (QED) is 0.505. The van der Waals surface area contributed by atoms with E-state index in [1.54, 1.807) is 6.20 Å². The number of allylic oxidation sites excluding steroid dienone is 1. The molecule has 0 bridgehead atoms. The van der Waals surface area contributed by atoms with Crippen molar-refractivity contribution in [2.24, 2.45) is 0 Å². The zero-order valence-corrected chi connectivity index (χ0v) is 21.0. The Morgan fingerprint density at radius 3 is 2.06 bits per heavy atom. The predicted octanol–water partition coefficient (Wildman–Crippen LogP) is 4.67. The number of hydrogen-bond acceptors (Lipinski definition) is 7. The summed E-state index contributed by atoms with van der Waals surface area (Å²) in [7, 11) is 3.92. The molecule has 0 atom stereocenters. The first-order valence-corrected chi connectivity index (χ1v) is 12.9. The summed E-state index contributed by atoms with van der Waals surface area (Å²) in [5.74, 6) is 0.678. The van der Waals surface area contributed by atoms with E-state index in [9.17, 15) is 4.79 Å². The Labute approximate surface area is 211 Å². The highest BCUT2D eigenvalue weighted by Crippen LogP contribution is 2.55. The van der Waals surface area contributed by atoms with Gasteiger partial charge in [-0.3, -0.25) is 14.8 Å². The van der Waals surface area contributed by atoms with Crippen molar-refractivity contribution in [2.45, 2.75) is 62.2 Å². The highest BCUT2D eigenvalue weighted by Gasteiger charge is 2.50. The molecule has 0 aliphatic heterocycles. The molecule has 0 aromatic carbocycles. The van der Waals surface area contributed by atoms with E-state index in [1.807, 2.05) is 56.0 Å². The smallest absolute Gasteiger partial charge is 0.220 e. The first-order chi connectivity index (χ1) is 17.5. The van der Waals surface area contributed by atoms with Crippen LogP contribution in [0.15, 0.2) is 49.3 Å². The molecule has 36 heavy (non-hydrogen) atoms. The molecule has 2 saturated carbocycles. The minimum absolute atomic E-state index is 0.0516. The fourth-order valence-electron chi connectivity index (χ4n) is 6.95. The third kappa shape index (κ3) is 3.29. The predicted molar refractivity (Wildman–Crippen MR) is 140 cm³/mol. The third-order valence-electron chi connectivity index (χ3n) is 8.50. The molecule has 4 aliphatic rings. The van der Waals surface area contributed by atoms with Gasteiger partial charge in [-0.2, -0.15) is 0 Å². The molecule has 4 aliphatic carbocycles. The summed E-state index contributed by atoms with van der Waals surface area (Å²) in [4.78, 5) is 32.0. The number of nitrogen functional groups attached to an aromatic ring is 1. The topological polar surface area (TPSA) is 97.9 Å². The minimum Gasteiger partial charge on any atom is -0.383 e. The van der Waals surface area contributed by atoms with Crippen LogP contribution in [0.2, 0.25) is 0 Å². The van der Waals surface area contributed by atoms with Crippen LogP contribution < -0.4 is 5.73 Å². The summed E-state index contributed by atoms with van der Waals surface area (Å²) in [6.45, 7) is 0. The van der Waals surface area contributed by atoms with Crippen molar-refractivity contribution >= 4 is 17.3 Å². The Morgan fingerprint density at radius 1 is 0.833 bits per heavy atom. The van der Waals surface area contributed by atoms with Gasteiger partial charge in [-0.15, -0.1) is 0 Å². The van der Waals surface area contributed by atoms with Crippen LogP contribution in [0, 0.1) is 0 Å². The second-order valence-electron chi connectivity index (χ2n) is 10.7. The molecule has 0 unspecified atom stereocenters. The Balaban J connectivity index is 0.000000133. The van der Waals surface area contributed by atoms with E-state index in [4.69, 9.17) is 5.73 Å². The molecule has 7 heteroatoms. The number of aromatic nitrogens is 4. The minimum atomic E-state index is -0.258. The number of carbonyl (C=O) groups excluding carboxylic acids is 1. The summed E-state index contributed by atoms with van der Waals surface area (Å²) in [5, 5.41) is 0. The third-order valence-corrected chi connectivity index (χ3v) is 8.50. The molecule has 7 nitrogen and oxygen atoms in total. The van der Waals surface area contributed by atoms with E-state index in [0.717, 1.165) is 66.5 Å². The van der Waals surface area contributed by atoms with E-state index < -0.39 is 0 Å². The summed E-state index contributed by atoms with van der Waals surface area (Å²) >= 11 is 0. The summed E-state index contributed by atoms with van der Waals surface area (Å²) in [6.07, 6.45) is 20.4. The van der Waals surface area contributed by atoms with Crippen LogP contribution in [-0.2, 0) is 15.6 Å². The van der Waals surface area contributed by atoms with E-state index >= 15 is 0 Å². The van der Waals surface area contributed by atoms with Crippen molar-refractivity contribution < 1.29 is 4.79 Å². The van der Waals surface area contributed by atoms with Crippen LogP contribution in [0.25, 0.3) is 16.7 Å². The number of fused-ring (bicyclic) bond motifs is 7. The van der Waals surface area contributed by atoms with Gasteiger partial charge < -0.3 is 10.6 Å².